The molecular formula is C12H14FN2+. The highest BCUT2D eigenvalue weighted by Gasteiger charge is 2.23. The first-order valence-electron chi connectivity index (χ1n) is 5.07. The summed E-state index contributed by atoms with van der Waals surface area (Å²) in [6.07, 6.45) is 5.79. The second kappa shape index (κ2) is 3.95. The molecule has 0 radical (unpaired) electrons. The van der Waals surface area contributed by atoms with Gasteiger partial charge in [0.05, 0.1) is 12.7 Å². The lowest BCUT2D eigenvalue weighted by Crippen LogP contribution is -2.38. The molecule has 0 saturated carbocycles. The van der Waals surface area contributed by atoms with Crippen LogP contribution in [0.4, 0.5) is 4.39 Å². The van der Waals surface area contributed by atoms with E-state index in [-0.39, 0.29) is 5.82 Å². The number of benzene rings is 1. The van der Waals surface area contributed by atoms with Gasteiger partial charge in [0, 0.05) is 5.56 Å². The lowest BCUT2D eigenvalue weighted by Gasteiger charge is -2.25. The lowest BCUT2D eigenvalue weighted by molar-refractivity contribution is -0.791. The molecule has 0 fully saturated rings. The van der Waals surface area contributed by atoms with Crippen LogP contribution in [-0.2, 0) is 6.54 Å². The van der Waals surface area contributed by atoms with Gasteiger partial charge in [-0.25, -0.2) is 9.38 Å². The normalized spacial score (nSPS) is 23.6. The van der Waals surface area contributed by atoms with Gasteiger partial charge in [0.15, 0.2) is 6.34 Å². The largest absolute Gasteiger partial charge is 0.250 e. The minimum absolute atomic E-state index is 0.188. The highest BCUT2D eigenvalue weighted by atomic mass is 19.1. The molecule has 0 aromatic heterocycles. The van der Waals surface area contributed by atoms with Gasteiger partial charge in [-0.05, 0) is 19.1 Å². The van der Waals surface area contributed by atoms with E-state index in [9.17, 15) is 4.39 Å². The molecule has 78 valence electrons. The predicted octanol–water partition coefficient (Wildman–Crippen LogP) is 2.68. The van der Waals surface area contributed by atoms with Crippen LogP contribution in [0.15, 0.2) is 41.7 Å². The molecule has 1 aliphatic heterocycles. The molecule has 0 spiro atoms. The molecule has 2 nitrogen and oxygen atoms in total. The van der Waals surface area contributed by atoms with Gasteiger partial charge >= 0.3 is 0 Å². The van der Waals surface area contributed by atoms with E-state index in [4.69, 9.17) is 0 Å². The van der Waals surface area contributed by atoms with E-state index in [1.54, 1.807) is 0 Å². The first kappa shape index (κ1) is 10.1. The fourth-order valence-electron chi connectivity index (χ4n) is 1.70. The molecular weight excluding hydrogens is 191 g/mol. The van der Waals surface area contributed by atoms with E-state index < -0.39 is 0 Å². The van der Waals surface area contributed by atoms with Gasteiger partial charge in [0.1, 0.15) is 18.6 Å². The number of aliphatic imine (C=N–C) groups is 1. The zero-order valence-corrected chi connectivity index (χ0v) is 8.73. The molecule has 0 bridgehead atoms. The van der Waals surface area contributed by atoms with E-state index in [1.165, 1.54) is 12.1 Å². The van der Waals surface area contributed by atoms with Crippen molar-refractivity contribution in [1.82, 2.24) is 0 Å². The Morgan fingerprint density at radius 1 is 1.27 bits per heavy atom. The van der Waals surface area contributed by atoms with Crippen molar-refractivity contribution in [3.8, 4) is 0 Å². The SMILES string of the molecule is CC[N+]1(Cc2ccc(F)cc2)C=CN=C1. The van der Waals surface area contributed by atoms with Crippen molar-refractivity contribution in [1.29, 1.82) is 0 Å². The Balaban J connectivity index is 2.17. The van der Waals surface area contributed by atoms with Crippen molar-refractivity contribution >= 4 is 6.34 Å². The first-order valence-corrected chi connectivity index (χ1v) is 5.07. The Hall–Kier alpha value is -1.48. The van der Waals surface area contributed by atoms with Crippen LogP contribution in [0.5, 0.6) is 0 Å². The number of nitrogens with zero attached hydrogens (tertiary/aromatic N) is 2. The summed E-state index contributed by atoms with van der Waals surface area (Å²) < 4.78 is 13.4. The smallest absolute Gasteiger partial charge is 0.195 e. The molecule has 1 heterocycles. The second-order valence-electron chi connectivity index (χ2n) is 3.77. The van der Waals surface area contributed by atoms with Crippen LogP contribution in [0, 0.1) is 5.82 Å². The summed E-state index contributed by atoms with van der Waals surface area (Å²) in [5, 5.41) is 0. The molecule has 0 saturated heterocycles. The predicted molar refractivity (Wildman–Crippen MR) is 58.5 cm³/mol. The van der Waals surface area contributed by atoms with Gasteiger partial charge in [0.2, 0.25) is 0 Å². The summed E-state index contributed by atoms with van der Waals surface area (Å²) in [5.74, 6) is -0.188. The molecule has 15 heavy (non-hydrogen) atoms. The van der Waals surface area contributed by atoms with Gasteiger partial charge < -0.3 is 0 Å². The second-order valence-corrected chi connectivity index (χ2v) is 3.77. The Bertz CT molecular complexity index is 381. The summed E-state index contributed by atoms with van der Waals surface area (Å²) >= 11 is 0. The Morgan fingerprint density at radius 2 is 2.00 bits per heavy atom. The van der Waals surface area contributed by atoms with Gasteiger partial charge in [0.25, 0.3) is 0 Å². The standard InChI is InChI=1S/C12H14FN2/c1-2-15(8-7-14-10-15)9-11-3-5-12(13)6-4-11/h3-8,10H,2,9H2,1H3/q+1. The van der Waals surface area contributed by atoms with E-state index >= 15 is 0 Å². The summed E-state index contributed by atoms with van der Waals surface area (Å²) in [4.78, 5) is 4.11. The third-order valence-electron chi connectivity index (χ3n) is 2.73. The zero-order chi connectivity index (χ0) is 10.7. The van der Waals surface area contributed by atoms with Gasteiger partial charge in [-0.2, -0.15) is 0 Å². The van der Waals surface area contributed by atoms with Crippen molar-refractivity contribution < 1.29 is 8.87 Å². The lowest BCUT2D eigenvalue weighted by atomic mass is 10.2. The summed E-state index contributed by atoms with van der Waals surface area (Å²) in [6, 6.07) is 6.65. The number of halogens is 1. The van der Waals surface area contributed by atoms with Crippen molar-refractivity contribution in [3.63, 3.8) is 0 Å². The topological polar surface area (TPSA) is 12.4 Å². The molecule has 0 amide bonds. The van der Waals surface area contributed by atoms with E-state index in [2.05, 4.69) is 18.1 Å². The van der Waals surface area contributed by atoms with Crippen LogP contribution in [0.25, 0.3) is 0 Å². The van der Waals surface area contributed by atoms with Crippen molar-refractivity contribution in [2.24, 2.45) is 4.99 Å². The van der Waals surface area contributed by atoms with Gasteiger partial charge in [-0.3, -0.25) is 4.48 Å². The van der Waals surface area contributed by atoms with Crippen LogP contribution in [0.3, 0.4) is 0 Å². The maximum absolute atomic E-state index is 12.7. The maximum Gasteiger partial charge on any atom is 0.195 e. The van der Waals surface area contributed by atoms with Crippen molar-refractivity contribution in [2.45, 2.75) is 13.5 Å². The minimum Gasteiger partial charge on any atom is -0.250 e. The quantitative estimate of drug-likeness (QED) is 0.673. The maximum atomic E-state index is 12.7. The van der Waals surface area contributed by atoms with Crippen molar-refractivity contribution in [3.05, 3.63) is 48.0 Å². The van der Waals surface area contributed by atoms with E-state index in [0.29, 0.717) is 4.48 Å². The summed E-state index contributed by atoms with van der Waals surface area (Å²) in [6.45, 7) is 3.90. The summed E-state index contributed by atoms with van der Waals surface area (Å²) in [5.41, 5.74) is 1.12. The average Bonchev–Trinajstić information content (AvgIpc) is 2.71. The van der Waals surface area contributed by atoms with Crippen LogP contribution < -0.4 is 0 Å². The molecule has 1 aromatic rings. The fourth-order valence-corrected chi connectivity index (χ4v) is 1.70. The number of rotatable bonds is 3. The van der Waals surface area contributed by atoms with E-state index in [1.807, 2.05) is 24.7 Å². The molecule has 3 heteroatoms. The molecule has 1 aliphatic rings. The zero-order valence-electron chi connectivity index (χ0n) is 8.73. The molecule has 1 aromatic carbocycles. The number of quaternary nitrogens is 1. The highest BCUT2D eigenvalue weighted by molar-refractivity contribution is 5.51. The molecule has 1 atom stereocenters. The van der Waals surface area contributed by atoms with E-state index in [0.717, 1.165) is 18.7 Å². The molecule has 2 rings (SSSR count). The van der Waals surface area contributed by atoms with Crippen LogP contribution in [0.2, 0.25) is 0 Å². The minimum atomic E-state index is -0.188. The van der Waals surface area contributed by atoms with Gasteiger partial charge in [-0.1, -0.05) is 12.1 Å². The number of hydrogen-bond donors (Lipinski definition) is 0. The van der Waals surface area contributed by atoms with Crippen molar-refractivity contribution in [2.75, 3.05) is 6.54 Å². The Kier molecular flexibility index (Phi) is 2.64. The molecule has 0 aliphatic carbocycles. The number of hydrogen-bond acceptors (Lipinski definition) is 1. The monoisotopic (exact) mass is 205 g/mol. The first-order chi connectivity index (χ1) is 7.24. The molecule has 0 N–H and O–H groups in total. The third kappa shape index (κ3) is 2.13. The average molecular weight is 205 g/mol. The van der Waals surface area contributed by atoms with Gasteiger partial charge in [-0.15, -0.1) is 0 Å². The van der Waals surface area contributed by atoms with Crippen LogP contribution >= 0.6 is 0 Å². The highest BCUT2D eigenvalue weighted by Crippen LogP contribution is 2.17. The fraction of sp³-hybridized carbons (Fsp3) is 0.250. The molecule has 1 unspecified atom stereocenters. The van der Waals surface area contributed by atoms with Crippen LogP contribution in [0.1, 0.15) is 12.5 Å². The Labute approximate surface area is 89.0 Å². The third-order valence-corrected chi connectivity index (χ3v) is 2.73. The Morgan fingerprint density at radius 3 is 2.53 bits per heavy atom. The summed E-state index contributed by atoms with van der Waals surface area (Å²) in [7, 11) is 0. The van der Waals surface area contributed by atoms with Crippen LogP contribution in [-0.4, -0.2) is 17.4 Å².